The van der Waals surface area contributed by atoms with Gasteiger partial charge >= 0.3 is 6.18 Å². The quantitative estimate of drug-likeness (QED) is 0.205. The van der Waals surface area contributed by atoms with Crippen LogP contribution < -0.4 is 16.4 Å². The minimum absolute atomic E-state index is 0.00548. The van der Waals surface area contributed by atoms with Crippen LogP contribution in [0.2, 0.25) is 5.02 Å². The van der Waals surface area contributed by atoms with Gasteiger partial charge in [0, 0.05) is 17.3 Å². The second-order valence-electron chi connectivity index (χ2n) is 12.0. The summed E-state index contributed by atoms with van der Waals surface area (Å²) in [5.41, 5.74) is 5.57. The molecule has 0 fully saturated rings. The van der Waals surface area contributed by atoms with Gasteiger partial charge in [-0.1, -0.05) is 23.7 Å². The van der Waals surface area contributed by atoms with Crippen molar-refractivity contribution < 1.29 is 27.6 Å². The van der Waals surface area contributed by atoms with Gasteiger partial charge in [-0.25, -0.2) is 9.67 Å². The zero-order chi connectivity index (χ0) is 36.5. The number of nitriles is 1. The third-order valence-electron chi connectivity index (χ3n) is 6.98. The Morgan fingerprint density at radius 2 is 1.76 bits per heavy atom. The van der Waals surface area contributed by atoms with E-state index in [2.05, 4.69) is 36.1 Å². The van der Waals surface area contributed by atoms with E-state index >= 15 is 0 Å². The largest absolute Gasteiger partial charge is 0.455 e. The van der Waals surface area contributed by atoms with E-state index in [0.717, 1.165) is 0 Å². The summed E-state index contributed by atoms with van der Waals surface area (Å²) in [5.74, 6) is -3.77. The van der Waals surface area contributed by atoms with Gasteiger partial charge in [-0.05, 0) is 74.9 Å². The molecular formula is C32H27ClF3N11O3. The molecule has 256 valence electrons. The van der Waals surface area contributed by atoms with E-state index in [-0.39, 0.29) is 62.3 Å². The molecule has 0 saturated heterocycles. The number of nitrogens with two attached hydrogens (primary N) is 1. The summed E-state index contributed by atoms with van der Waals surface area (Å²) < 4.78 is 40.7. The van der Waals surface area contributed by atoms with Crippen LogP contribution in [-0.2, 0) is 12.7 Å². The summed E-state index contributed by atoms with van der Waals surface area (Å²) in [4.78, 5) is 45.4. The molecule has 5 rings (SSSR count). The predicted molar refractivity (Wildman–Crippen MR) is 173 cm³/mol. The maximum Gasteiger partial charge on any atom is 0.455 e. The molecule has 3 heterocycles. The maximum atomic E-state index is 14.3. The number of aromatic nitrogens is 7. The molecule has 0 spiro atoms. The summed E-state index contributed by atoms with van der Waals surface area (Å²) in [6.45, 7) is 6.50. The number of pyridine rings is 1. The van der Waals surface area contributed by atoms with E-state index in [1.807, 2.05) is 6.07 Å². The van der Waals surface area contributed by atoms with Crippen LogP contribution in [0.5, 0.6) is 0 Å². The van der Waals surface area contributed by atoms with Gasteiger partial charge in [-0.15, -0.1) is 10.2 Å². The molecule has 0 aliphatic rings. The highest BCUT2D eigenvalue weighted by molar-refractivity contribution is 6.32. The lowest BCUT2D eigenvalue weighted by Crippen LogP contribution is -2.41. The number of nitrogens with zero attached hydrogens (tertiary/aromatic N) is 8. The van der Waals surface area contributed by atoms with Gasteiger partial charge in [0.15, 0.2) is 5.82 Å². The zero-order valence-corrected chi connectivity index (χ0v) is 27.6. The van der Waals surface area contributed by atoms with Gasteiger partial charge in [0.1, 0.15) is 6.54 Å². The molecule has 0 aliphatic carbocycles. The number of anilines is 1. The Morgan fingerprint density at radius 3 is 2.38 bits per heavy atom. The van der Waals surface area contributed by atoms with Crippen molar-refractivity contribution in [3.05, 3.63) is 99.1 Å². The van der Waals surface area contributed by atoms with Crippen molar-refractivity contribution in [1.29, 1.82) is 5.26 Å². The van der Waals surface area contributed by atoms with Gasteiger partial charge in [0.25, 0.3) is 17.6 Å². The standard InChI is InChI=1S/C32H27ClF3N11O3/c1-16-11-17(14-37)12-21(28(49)41-31(2,3)4)25(16)40-29(50)24-19(7-5-8-20(24)26(38)48)23-13-18(15-46-44-30(42-45-46)32(34,35)36)43-47(23)27-22(33)9-6-10-39-27/h5-13H,15H2,1-4H3,(H2,38,48)(H,40,50)(H,41,49). The van der Waals surface area contributed by atoms with E-state index in [9.17, 15) is 32.8 Å². The summed E-state index contributed by atoms with van der Waals surface area (Å²) in [6.07, 6.45) is -3.41. The van der Waals surface area contributed by atoms with Crippen molar-refractivity contribution in [3.8, 4) is 23.1 Å². The van der Waals surface area contributed by atoms with Gasteiger partial charge in [-0.3, -0.25) is 14.4 Å². The Balaban J connectivity index is 1.67. The lowest BCUT2D eigenvalue weighted by Gasteiger charge is -2.23. The van der Waals surface area contributed by atoms with Crippen LogP contribution in [0.25, 0.3) is 17.1 Å². The highest BCUT2D eigenvalue weighted by Crippen LogP contribution is 2.33. The summed E-state index contributed by atoms with van der Waals surface area (Å²) in [5, 5.41) is 29.6. The van der Waals surface area contributed by atoms with E-state index in [0.29, 0.717) is 10.4 Å². The number of nitrogens with one attached hydrogen (secondary N) is 2. The van der Waals surface area contributed by atoms with Gasteiger partial charge in [0.05, 0.1) is 50.4 Å². The van der Waals surface area contributed by atoms with Crippen LogP contribution in [0.3, 0.4) is 0 Å². The Kier molecular flexibility index (Phi) is 9.42. The number of tetrazole rings is 1. The molecule has 2 aromatic carbocycles. The Morgan fingerprint density at radius 1 is 1.02 bits per heavy atom. The number of rotatable bonds is 8. The lowest BCUT2D eigenvalue weighted by atomic mass is 9.96. The minimum atomic E-state index is -4.83. The number of hydrogen-bond donors (Lipinski definition) is 3. The number of hydrogen-bond acceptors (Lipinski definition) is 9. The highest BCUT2D eigenvalue weighted by atomic mass is 35.5. The Hall–Kier alpha value is -6.15. The fourth-order valence-corrected chi connectivity index (χ4v) is 5.16. The third kappa shape index (κ3) is 7.45. The van der Waals surface area contributed by atoms with E-state index < -0.39 is 35.3 Å². The molecule has 0 saturated carbocycles. The number of alkyl halides is 3. The van der Waals surface area contributed by atoms with Crippen molar-refractivity contribution in [3.63, 3.8) is 0 Å². The number of carbonyl (C=O) groups excluding carboxylic acids is 3. The van der Waals surface area contributed by atoms with Crippen molar-refractivity contribution in [2.24, 2.45) is 5.73 Å². The molecule has 4 N–H and O–H groups in total. The van der Waals surface area contributed by atoms with Crippen LogP contribution in [0.1, 0.15) is 74.5 Å². The Labute approximate surface area is 287 Å². The van der Waals surface area contributed by atoms with Crippen LogP contribution in [-0.4, -0.2) is 58.2 Å². The molecule has 0 unspecified atom stereocenters. The number of primary amides is 1. The van der Waals surface area contributed by atoms with Crippen molar-refractivity contribution in [2.75, 3.05) is 5.32 Å². The number of amides is 3. The molecule has 0 bridgehead atoms. The molecule has 3 aromatic heterocycles. The van der Waals surface area contributed by atoms with E-state index in [1.165, 1.54) is 53.3 Å². The first-order valence-corrected chi connectivity index (χ1v) is 15.0. The van der Waals surface area contributed by atoms with Gasteiger partial charge in [0.2, 0.25) is 5.91 Å². The van der Waals surface area contributed by atoms with Crippen LogP contribution in [0.4, 0.5) is 18.9 Å². The molecule has 0 radical (unpaired) electrons. The SMILES string of the molecule is Cc1cc(C#N)cc(C(=O)NC(C)(C)C)c1NC(=O)c1c(C(N)=O)cccc1-c1cc(Cn2nnc(C(F)(F)F)n2)nn1-c1ncccc1Cl. The maximum absolute atomic E-state index is 14.3. The fourth-order valence-electron chi connectivity index (χ4n) is 4.96. The van der Waals surface area contributed by atoms with Crippen molar-refractivity contribution >= 4 is 35.0 Å². The first-order chi connectivity index (χ1) is 23.5. The second kappa shape index (κ2) is 13.4. The molecular weight excluding hydrogens is 679 g/mol. The number of carbonyl (C=O) groups is 3. The molecule has 14 nitrogen and oxygen atoms in total. The van der Waals surface area contributed by atoms with Crippen LogP contribution in [0.15, 0.2) is 54.7 Å². The monoisotopic (exact) mass is 705 g/mol. The lowest BCUT2D eigenvalue weighted by molar-refractivity contribution is -0.145. The average Bonchev–Trinajstić information content (AvgIpc) is 3.68. The van der Waals surface area contributed by atoms with Gasteiger partial charge in [-0.2, -0.15) is 28.3 Å². The molecule has 3 amide bonds. The number of halogens is 4. The minimum Gasteiger partial charge on any atom is -0.366 e. The van der Waals surface area contributed by atoms with E-state index in [4.69, 9.17) is 17.3 Å². The number of benzene rings is 2. The van der Waals surface area contributed by atoms with Gasteiger partial charge < -0.3 is 16.4 Å². The Bertz CT molecular complexity index is 2200. The smallest absolute Gasteiger partial charge is 0.366 e. The van der Waals surface area contributed by atoms with Crippen LogP contribution in [0, 0.1) is 18.3 Å². The fraction of sp³-hybridized carbons (Fsp3) is 0.219. The van der Waals surface area contributed by atoms with E-state index in [1.54, 1.807) is 33.8 Å². The average molecular weight is 706 g/mol. The zero-order valence-electron chi connectivity index (χ0n) is 26.8. The predicted octanol–water partition coefficient (Wildman–Crippen LogP) is 4.70. The first kappa shape index (κ1) is 35.2. The molecule has 0 atom stereocenters. The van der Waals surface area contributed by atoms with Crippen molar-refractivity contribution in [2.45, 2.75) is 46.0 Å². The topological polar surface area (TPSA) is 199 Å². The third-order valence-corrected chi connectivity index (χ3v) is 7.27. The number of aryl methyl sites for hydroxylation is 1. The molecule has 5 aromatic rings. The molecule has 0 aliphatic heterocycles. The summed E-state index contributed by atoms with van der Waals surface area (Å²) in [7, 11) is 0. The van der Waals surface area contributed by atoms with Crippen molar-refractivity contribution in [1.82, 2.24) is 40.3 Å². The molecule has 50 heavy (non-hydrogen) atoms. The highest BCUT2D eigenvalue weighted by Gasteiger charge is 2.37. The van der Waals surface area contributed by atoms with Crippen LogP contribution >= 0.6 is 11.6 Å². The normalized spacial score (nSPS) is 11.6. The summed E-state index contributed by atoms with van der Waals surface area (Å²) >= 11 is 6.47. The first-order valence-electron chi connectivity index (χ1n) is 14.6. The second-order valence-corrected chi connectivity index (χ2v) is 12.4. The molecule has 18 heteroatoms. The summed E-state index contributed by atoms with van der Waals surface area (Å²) in [6, 6.07) is 13.6.